The molecule has 2 N–H and O–H groups in total. The number of nitrogens with zero attached hydrogens (tertiary/aromatic N) is 2. The minimum Gasteiger partial charge on any atom is -0.336 e. The van der Waals surface area contributed by atoms with Gasteiger partial charge in [-0.05, 0) is 42.9 Å². The lowest BCUT2D eigenvalue weighted by atomic mass is 10.1. The number of urea groups is 1. The first-order valence-electron chi connectivity index (χ1n) is 8.88. The van der Waals surface area contributed by atoms with Gasteiger partial charge in [-0.2, -0.15) is 0 Å². The molecule has 0 saturated carbocycles. The van der Waals surface area contributed by atoms with Crippen molar-refractivity contribution in [1.29, 1.82) is 0 Å². The average molecular weight is 387 g/mol. The monoisotopic (exact) mass is 386 g/mol. The van der Waals surface area contributed by atoms with Crippen molar-refractivity contribution in [3.63, 3.8) is 0 Å². The maximum atomic E-state index is 12.5. The minimum absolute atomic E-state index is 0.0568. The Morgan fingerprint density at radius 2 is 1.74 bits per heavy atom. The fraction of sp³-hybridized carbons (Fsp3) is 0.300. The van der Waals surface area contributed by atoms with Crippen molar-refractivity contribution < 1.29 is 9.59 Å². The Morgan fingerprint density at radius 1 is 1.04 bits per heavy atom. The van der Waals surface area contributed by atoms with Crippen LogP contribution in [-0.2, 0) is 6.54 Å². The standard InChI is InChI=1S/C20H23ClN4O2/c1-24-9-11-25(12-10-24)19(26)16-7-5-15(6-8-16)14-22-20(27)23-18-4-2-3-17(21)13-18/h2-8,13H,9-12,14H2,1H3,(H2,22,23,27). The molecule has 2 aromatic rings. The Kier molecular flexibility index (Phi) is 6.32. The van der Waals surface area contributed by atoms with Gasteiger partial charge in [-0.1, -0.05) is 29.8 Å². The van der Waals surface area contributed by atoms with Gasteiger partial charge in [0.25, 0.3) is 5.91 Å². The summed E-state index contributed by atoms with van der Waals surface area (Å²) in [7, 11) is 2.06. The molecule has 3 amide bonds. The van der Waals surface area contributed by atoms with E-state index in [2.05, 4.69) is 22.6 Å². The van der Waals surface area contributed by atoms with Gasteiger partial charge in [0.05, 0.1) is 0 Å². The molecule has 0 aliphatic carbocycles. The normalized spacial score (nSPS) is 14.7. The summed E-state index contributed by atoms with van der Waals surface area (Å²) in [6.45, 7) is 3.67. The Balaban J connectivity index is 1.50. The summed E-state index contributed by atoms with van der Waals surface area (Å²) in [6.07, 6.45) is 0. The Morgan fingerprint density at radius 3 is 2.41 bits per heavy atom. The molecule has 7 heteroatoms. The smallest absolute Gasteiger partial charge is 0.319 e. The summed E-state index contributed by atoms with van der Waals surface area (Å²) in [5, 5.41) is 6.08. The van der Waals surface area contributed by atoms with Gasteiger partial charge in [0, 0.05) is 49.0 Å². The maximum absolute atomic E-state index is 12.5. The van der Waals surface area contributed by atoms with Gasteiger partial charge < -0.3 is 20.4 Å². The fourth-order valence-corrected chi connectivity index (χ4v) is 3.07. The van der Waals surface area contributed by atoms with E-state index < -0.39 is 0 Å². The number of nitrogens with one attached hydrogen (secondary N) is 2. The molecule has 1 heterocycles. The van der Waals surface area contributed by atoms with E-state index in [1.165, 1.54) is 0 Å². The molecular formula is C20H23ClN4O2. The molecule has 0 radical (unpaired) electrons. The zero-order chi connectivity index (χ0) is 19.2. The second-order valence-corrected chi connectivity index (χ2v) is 7.05. The molecule has 0 unspecified atom stereocenters. The van der Waals surface area contributed by atoms with Crippen LogP contribution < -0.4 is 10.6 Å². The number of anilines is 1. The van der Waals surface area contributed by atoms with E-state index in [4.69, 9.17) is 11.6 Å². The van der Waals surface area contributed by atoms with Gasteiger partial charge in [-0.25, -0.2) is 4.79 Å². The summed E-state index contributed by atoms with van der Waals surface area (Å²) in [5.41, 5.74) is 2.23. The van der Waals surface area contributed by atoms with Crippen molar-refractivity contribution in [3.05, 3.63) is 64.7 Å². The highest BCUT2D eigenvalue weighted by molar-refractivity contribution is 6.30. The zero-order valence-electron chi connectivity index (χ0n) is 15.2. The highest BCUT2D eigenvalue weighted by atomic mass is 35.5. The van der Waals surface area contributed by atoms with Crippen LogP contribution in [0, 0.1) is 0 Å². The Hall–Kier alpha value is -2.57. The first kappa shape index (κ1) is 19.2. The van der Waals surface area contributed by atoms with Crippen LogP contribution >= 0.6 is 11.6 Å². The summed E-state index contributed by atoms with van der Waals surface area (Å²) in [5.74, 6) is 0.0568. The summed E-state index contributed by atoms with van der Waals surface area (Å²) in [4.78, 5) is 28.6. The predicted octanol–water partition coefficient (Wildman–Crippen LogP) is 3.05. The molecule has 2 aromatic carbocycles. The zero-order valence-corrected chi connectivity index (χ0v) is 16.0. The molecule has 0 aromatic heterocycles. The molecule has 142 valence electrons. The Labute approximate surface area is 164 Å². The molecular weight excluding hydrogens is 364 g/mol. The number of hydrogen-bond acceptors (Lipinski definition) is 3. The van der Waals surface area contributed by atoms with E-state index in [9.17, 15) is 9.59 Å². The lowest BCUT2D eigenvalue weighted by Gasteiger charge is -2.32. The first-order valence-corrected chi connectivity index (χ1v) is 9.26. The maximum Gasteiger partial charge on any atom is 0.319 e. The van der Waals surface area contributed by atoms with Gasteiger partial charge in [0.2, 0.25) is 0 Å². The molecule has 1 fully saturated rings. The van der Waals surface area contributed by atoms with E-state index in [-0.39, 0.29) is 11.9 Å². The number of halogens is 1. The van der Waals surface area contributed by atoms with Gasteiger partial charge >= 0.3 is 6.03 Å². The molecule has 0 bridgehead atoms. The van der Waals surface area contributed by atoms with Crippen molar-refractivity contribution in [2.75, 3.05) is 38.5 Å². The summed E-state index contributed by atoms with van der Waals surface area (Å²) in [6, 6.07) is 14.0. The quantitative estimate of drug-likeness (QED) is 0.848. The molecule has 0 atom stereocenters. The number of carbonyl (C=O) groups excluding carboxylic acids is 2. The van der Waals surface area contributed by atoms with Crippen molar-refractivity contribution in [2.24, 2.45) is 0 Å². The highest BCUT2D eigenvalue weighted by Gasteiger charge is 2.20. The molecule has 3 rings (SSSR count). The topological polar surface area (TPSA) is 64.7 Å². The number of benzene rings is 2. The fourth-order valence-electron chi connectivity index (χ4n) is 2.88. The molecule has 6 nitrogen and oxygen atoms in total. The first-order chi connectivity index (χ1) is 13.0. The van der Waals surface area contributed by atoms with Gasteiger partial charge in [-0.15, -0.1) is 0 Å². The number of rotatable bonds is 4. The molecule has 1 aliphatic rings. The van der Waals surface area contributed by atoms with E-state index in [0.29, 0.717) is 22.8 Å². The van der Waals surface area contributed by atoms with Gasteiger partial charge in [0.1, 0.15) is 0 Å². The third kappa shape index (κ3) is 5.45. The Bertz CT molecular complexity index is 802. The van der Waals surface area contributed by atoms with E-state index in [1.807, 2.05) is 29.2 Å². The van der Waals surface area contributed by atoms with Crippen LogP contribution in [0.2, 0.25) is 5.02 Å². The molecule has 0 spiro atoms. The third-order valence-electron chi connectivity index (χ3n) is 4.53. The number of carbonyl (C=O) groups is 2. The number of likely N-dealkylation sites (N-methyl/N-ethyl adjacent to an activating group) is 1. The minimum atomic E-state index is -0.310. The largest absolute Gasteiger partial charge is 0.336 e. The summed E-state index contributed by atoms with van der Waals surface area (Å²) >= 11 is 5.90. The van der Waals surface area contributed by atoms with E-state index >= 15 is 0 Å². The van der Waals surface area contributed by atoms with Crippen LogP contribution in [0.25, 0.3) is 0 Å². The van der Waals surface area contributed by atoms with E-state index in [1.54, 1.807) is 24.3 Å². The van der Waals surface area contributed by atoms with Crippen molar-refractivity contribution in [1.82, 2.24) is 15.1 Å². The van der Waals surface area contributed by atoms with Gasteiger partial charge in [0.15, 0.2) is 0 Å². The third-order valence-corrected chi connectivity index (χ3v) is 4.76. The van der Waals surface area contributed by atoms with Gasteiger partial charge in [-0.3, -0.25) is 4.79 Å². The average Bonchev–Trinajstić information content (AvgIpc) is 2.67. The van der Waals surface area contributed by atoms with Crippen molar-refractivity contribution in [3.8, 4) is 0 Å². The second-order valence-electron chi connectivity index (χ2n) is 6.61. The summed E-state index contributed by atoms with van der Waals surface area (Å²) < 4.78 is 0. The van der Waals surface area contributed by atoms with Crippen LogP contribution in [0.1, 0.15) is 15.9 Å². The second kappa shape index (κ2) is 8.88. The lowest BCUT2D eigenvalue weighted by Crippen LogP contribution is -2.47. The van der Waals surface area contributed by atoms with Crippen LogP contribution in [0.4, 0.5) is 10.5 Å². The number of hydrogen-bond donors (Lipinski definition) is 2. The van der Waals surface area contributed by atoms with Crippen LogP contribution in [0.3, 0.4) is 0 Å². The van der Waals surface area contributed by atoms with Crippen LogP contribution in [0.5, 0.6) is 0 Å². The van der Waals surface area contributed by atoms with Crippen molar-refractivity contribution >= 4 is 29.2 Å². The molecule has 1 saturated heterocycles. The molecule has 27 heavy (non-hydrogen) atoms. The number of amides is 3. The van der Waals surface area contributed by atoms with Crippen LogP contribution in [0.15, 0.2) is 48.5 Å². The predicted molar refractivity (Wildman–Crippen MR) is 107 cm³/mol. The lowest BCUT2D eigenvalue weighted by molar-refractivity contribution is 0.0664. The number of piperazine rings is 1. The molecule has 1 aliphatic heterocycles. The highest BCUT2D eigenvalue weighted by Crippen LogP contribution is 2.15. The van der Waals surface area contributed by atoms with E-state index in [0.717, 1.165) is 31.7 Å². The van der Waals surface area contributed by atoms with Crippen LogP contribution in [-0.4, -0.2) is 55.0 Å². The van der Waals surface area contributed by atoms with Crippen molar-refractivity contribution in [2.45, 2.75) is 6.54 Å². The SMILES string of the molecule is CN1CCN(C(=O)c2ccc(CNC(=O)Nc3cccc(Cl)c3)cc2)CC1.